The van der Waals surface area contributed by atoms with Crippen LogP contribution >= 0.6 is 0 Å². The smallest absolute Gasteiger partial charge is 0.374 e. The molecule has 0 radical (unpaired) electrons. The number of pyridine rings is 1. The average molecular weight is 275 g/mol. The number of furan rings is 1. The Labute approximate surface area is 115 Å². The Kier molecular flexibility index (Phi) is 4.14. The minimum Gasteiger partial charge on any atom is -0.457 e. The highest BCUT2D eigenvalue weighted by atomic mass is 16.5. The molecule has 2 aromatic rings. The maximum absolute atomic E-state index is 11.6. The predicted octanol–water partition coefficient (Wildman–Crippen LogP) is 2.27. The van der Waals surface area contributed by atoms with E-state index in [1.807, 2.05) is 0 Å². The van der Waals surface area contributed by atoms with Gasteiger partial charge in [-0.15, -0.1) is 0 Å². The highest BCUT2D eigenvalue weighted by Gasteiger charge is 2.11. The third kappa shape index (κ3) is 3.44. The predicted molar refractivity (Wildman–Crippen MR) is 68.1 cm³/mol. The monoisotopic (exact) mass is 275 g/mol. The van der Waals surface area contributed by atoms with Crippen LogP contribution in [0.4, 0.5) is 0 Å². The van der Waals surface area contributed by atoms with Gasteiger partial charge in [0.05, 0.1) is 12.0 Å². The molecule has 0 atom stereocenters. The molecule has 0 bridgehead atoms. The lowest BCUT2D eigenvalue weighted by molar-refractivity contribution is -0.131. The van der Waals surface area contributed by atoms with Gasteiger partial charge in [0.15, 0.2) is 5.75 Å². The lowest BCUT2D eigenvalue weighted by atomic mass is 10.2. The van der Waals surface area contributed by atoms with Crippen molar-refractivity contribution in [1.29, 1.82) is 0 Å². The Morgan fingerprint density at radius 3 is 2.85 bits per heavy atom. The summed E-state index contributed by atoms with van der Waals surface area (Å²) in [5.74, 6) is -0.515. The van der Waals surface area contributed by atoms with Crippen molar-refractivity contribution in [3.8, 4) is 5.75 Å². The first-order chi connectivity index (χ1) is 9.56. The molecule has 0 aliphatic carbocycles. The normalized spacial score (nSPS) is 10.1. The minimum atomic E-state index is -0.565. The highest BCUT2D eigenvalue weighted by Crippen LogP contribution is 2.18. The van der Waals surface area contributed by atoms with Gasteiger partial charge in [0, 0.05) is 18.7 Å². The second kappa shape index (κ2) is 6.01. The molecule has 0 aromatic carbocycles. The van der Waals surface area contributed by atoms with E-state index in [1.165, 1.54) is 19.3 Å². The maximum atomic E-state index is 11.6. The number of esters is 2. The minimum absolute atomic E-state index is 0.0150. The van der Waals surface area contributed by atoms with Crippen molar-refractivity contribution in [2.45, 2.75) is 20.5 Å². The van der Waals surface area contributed by atoms with Crippen LogP contribution in [-0.4, -0.2) is 16.9 Å². The Morgan fingerprint density at radius 2 is 2.20 bits per heavy atom. The summed E-state index contributed by atoms with van der Waals surface area (Å²) in [5, 5.41) is 0. The molecule has 0 saturated carbocycles. The topological polar surface area (TPSA) is 78.6 Å². The summed E-state index contributed by atoms with van der Waals surface area (Å²) in [6, 6.07) is 4.72. The van der Waals surface area contributed by atoms with E-state index in [4.69, 9.17) is 13.9 Å². The molecule has 0 unspecified atom stereocenters. The lowest BCUT2D eigenvalue weighted by Gasteiger charge is -2.07. The summed E-state index contributed by atoms with van der Waals surface area (Å²) in [7, 11) is 0. The molecule has 6 heteroatoms. The Bertz CT molecular complexity index is 618. The van der Waals surface area contributed by atoms with E-state index in [0.29, 0.717) is 17.0 Å². The summed E-state index contributed by atoms with van der Waals surface area (Å²) in [5.41, 5.74) is 1.20. The zero-order valence-electron chi connectivity index (χ0n) is 11.1. The fourth-order valence-corrected chi connectivity index (χ4v) is 1.51. The van der Waals surface area contributed by atoms with Crippen molar-refractivity contribution in [2.24, 2.45) is 0 Å². The first kappa shape index (κ1) is 13.8. The van der Waals surface area contributed by atoms with E-state index < -0.39 is 11.9 Å². The van der Waals surface area contributed by atoms with Gasteiger partial charge in [-0.1, -0.05) is 0 Å². The third-order valence-corrected chi connectivity index (χ3v) is 2.44. The van der Waals surface area contributed by atoms with Crippen LogP contribution in [0, 0.1) is 6.92 Å². The second-order valence-corrected chi connectivity index (χ2v) is 4.07. The fourth-order valence-electron chi connectivity index (χ4n) is 1.51. The molecule has 2 heterocycles. The van der Waals surface area contributed by atoms with Gasteiger partial charge in [0.25, 0.3) is 0 Å². The van der Waals surface area contributed by atoms with Crippen LogP contribution in [0.15, 0.2) is 35.1 Å². The van der Waals surface area contributed by atoms with Crippen molar-refractivity contribution in [3.05, 3.63) is 47.7 Å². The van der Waals surface area contributed by atoms with Crippen LogP contribution < -0.4 is 4.74 Å². The van der Waals surface area contributed by atoms with Gasteiger partial charge in [0.1, 0.15) is 6.61 Å². The van der Waals surface area contributed by atoms with Crippen molar-refractivity contribution in [3.63, 3.8) is 0 Å². The lowest BCUT2D eigenvalue weighted by Crippen LogP contribution is -2.07. The molecular formula is C14H13NO5. The molecule has 0 fully saturated rings. The molecule has 0 amide bonds. The van der Waals surface area contributed by atoms with Gasteiger partial charge in [0.2, 0.25) is 5.76 Å². The van der Waals surface area contributed by atoms with Gasteiger partial charge >= 0.3 is 11.9 Å². The Morgan fingerprint density at radius 1 is 1.40 bits per heavy atom. The van der Waals surface area contributed by atoms with Gasteiger partial charge < -0.3 is 13.9 Å². The number of nitrogens with zero attached hydrogens (tertiary/aromatic N) is 1. The quantitative estimate of drug-likeness (QED) is 0.796. The second-order valence-electron chi connectivity index (χ2n) is 4.07. The summed E-state index contributed by atoms with van der Waals surface area (Å²) < 4.78 is 15.0. The van der Waals surface area contributed by atoms with Gasteiger partial charge in [-0.25, -0.2) is 4.79 Å². The number of aryl methyl sites for hydroxylation is 1. The van der Waals surface area contributed by atoms with Crippen molar-refractivity contribution >= 4 is 11.9 Å². The van der Waals surface area contributed by atoms with E-state index in [1.54, 1.807) is 25.3 Å². The van der Waals surface area contributed by atoms with E-state index in [2.05, 4.69) is 4.98 Å². The van der Waals surface area contributed by atoms with Crippen molar-refractivity contribution in [1.82, 2.24) is 4.98 Å². The van der Waals surface area contributed by atoms with Crippen molar-refractivity contribution in [2.75, 3.05) is 0 Å². The summed E-state index contributed by atoms with van der Waals surface area (Å²) in [4.78, 5) is 26.6. The number of rotatable bonds is 4. The van der Waals surface area contributed by atoms with Gasteiger partial charge in [-0.05, 0) is 25.1 Å². The molecule has 0 saturated heterocycles. The molecule has 0 spiro atoms. The highest BCUT2D eigenvalue weighted by molar-refractivity contribution is 5.86. The molecule has 6 nitrogen and oxygen atoms in total. The summed E-state index contributed by atoms with van der Waals surface area (Å²) >= 11 is 0. The molecule has 0 aliphatic heterocycles. The molecule has 0 aliphatic rings. The van der Waals surface area contributed by atoms with E-state index in [9.17, 15) is 9.59 Å². The molecule has 20 heavy (non-hydrogen) atoms. The van der Waals surface area contributed by atoms with Gasteiger partial charge in [-0.3, -0.25) is 9.78 Å². The fraction of sp³-hybridized carbons (Fsp3) is 0.214. The average Bonchev–Trinajstić information content (AvgIpc) is 2.92. The number of hydrogen-bond donors (Lipinski definition) is 0. The number of hydrogen-bond acceptors (Lipinski definition) is 6. The van der Waals surface area contributed by atoms with Crippen molar-refractivity contribution < 1.29 is 23.5 Å². The maximum Gasteiger partial charge on any atom is 0.374 e. The first-order valence-corrected chi connectivity index (χ1v) is 5.91. The summed E-state index contributed by atoms with van der Waals surface area (Å²) in [6.07, 6.45) is 2.95. The van der Waals surface area contributed by atoms with Crippen LogP contribution in [0.1, 0.15) is 28.7 Å². The standard InChI is InChI=1S/C14H13NO5/c1-9-13(20-10(2)16)6-11(7-15-9)8-19-14(17)12-4-3-5-18-12/h3-7H,8H2,1-2H3. The zero-order valence-corrected chi connectivity index (χ0v) is 11.1. The zero-order chi connectivity index (χ0) is 14.5. The Balaban J connectivity index is 2.03. The van der Waals surface area contributed by atoms with E-state index in [-0.39, 0.29) is 12.4 Å². The molecule has 104 valence electrons. The molecular weight excluding hydrogens is 262 g/mol. The SMILES string of the molecule is CC(=O)Oc1cc(COC(=O)c2ccco2)cnc1C. The van der Waals surface area contributed by atoms with Crippen LogP contribution in [0.25, 0.3) is 0 Å². The molecule has 0 N–H and O–H groups in total. The Hall–Kier alpha value is -2.63. The number of ether oxygens (including phenoxy) is 2. The van der Waals surface area contributed by atoms with Gasteiger partial charge in [-0.2, -0.15) is 0 Å². The van der Waals surface area contributed by atoms with E-state index in [0.717, 1.165) is 0 Å². The third-order valence-electron chi connectivity index (χ3n) is 2.44. The summed E-state index contributed by atoms with van der Waals surface area (Å²) in [6.45, 7) is 3.04. The van der Waals surface area contributed by atoms with Crippen LogP contribution in [0.3, 0.4) is 0 Å². The molecule has 2 aromatic heterocycles. The number of carbonyl (C=O) groups excluding carboxylic acids is 2. The first-order valence-electron chi connectivity index (χ1n) is 5.91. The van der Waals surface area contributed by atoms with E-state index >= 15 is 0 Å². The van der Waals surface area contributed by atoms with Crippen LogP contribution in [0.2, 0.25) is 0 Å². The number of carbonyl (C=O) groups is 2. The van der Waals surface area contributed by atoms with Crippen LogP contribution in [0.5, 0.6) is 5.75 Å². The number of aromatic nitrogens is 1. The largest absolute Gasteiger partial charge is 0.457 e. The van der Waals surface area contributed by atoms with Crippen LogP contribution in [-0.2, 0) is 16.1 Å². The molecule has 2 rings (SSSR count).